The molecule has 0 amide bonds. The summed E-state index contributed by atoms with van der Waals surface area (Å²) in [6.45, 7) is 1.97. The number of pyridine rings is 1. The predicted molar refractivity (Wildman–Crippen MR) is 110 cm³/mol. The van der Waals surface area contributed by atoms with E-state index in [0.29, 0.717) is 5.82 Å². The van der Waals surface area contributed by atoms with E-state index in [1.54, 1.807) is 11.6 Å². The monoisotopic (exact) mass is 388 g/mol. The number of methoxy groups -OCH3 is 1. The van der Waals surface area contributed by atoms with Gasteiger partial charge in [-0.1, -0.05) is 35.6 Å². The van der Waals surface area contributed by atoms with Crippen LogP contribution in [0.5, 0.6) is 5.75 Å². The summed E-state index contributed by atoms with van der Waals surface area (Å²) in [6, 6.07) is 13.8. The van der Waals surface area contributed by atoms with Gasteiger partial charge in [0.2, 0.25) is 10.8 Å². The van der Waals surface area contributed by atoms with Gasteiger partial charge in [-0.2, -0.15) is 9.61 Å². The summed E-state index contributed by atoms with van der Waals surface area (Å²) in [4.78, 5) is 5.35. The Morgan fingerprint density at radius 2 is 1.89 bits per heavy atom. The van der Waals surface area contributed by atoms with Gasteiger partial charge in [0.15, 0.2) is 0 Å². The van der Waals surface area contributed by atoms with Gasteiger partial charge in [-0.05, 0) is 42.8 Å². The fourth-order valence-electron chi connectivity index (χ4n) is 3.11. The highest BCUT2D eigenvalue weighted by molar-refractivity contribution is 7.17. The first-order valence-electron chi connectivity index (χ1n) is 8.71. The topological polar surface area (TPSA) is 69.6 Å². The van der Waals surface area contributed by atoms with Crippen LogP contribution in [0.3, 0.4) is 0 Å². The van der Waals surface area contributed by atoms with Crippen LogP contribution < -0.4 is 4.74 Å². The molecular formula is C20H16N6OS. The molecule has 0 radical (unpaired) electrons. The second-order valence-corrected chi connectivity index (χ2v) is 7.23. The van der Waals surface area contributed by atoms with Crippen molar-refractivity contribution in [3.63, 3.8) is 0 Å². The first kappa shape index (κ1) is 16.6. The van der Waals surface area contributed by atoms with Crippen molar-refractivity contribution < 1.29 is 4.74 Å². The maximum Gasteiger partial charge on any atom is 0.235 e. The normalized spacial score (nSPS) is 11.8. The summed E-state index contributed by atoms with van der Waals surface area (Å²) in [7, 11) is 1.66. The number of benzene rings is 1. The zero-order chi connectivity index (χ0) is 19.1. The molecule has 0 fully saturated rings. The Morgan fingerprint density at radius 3 is 2.71 bits per heavy atom. The van der Waals surface area contributed by atoms with E-state index in [1.807, 2.05) is 72.1 Å². The van der Waals surface area contributed by atoms with Crippen LogP contribution >= 0.6 is 11.3 Å². The molecule has 0 saturated heterocycles. The van der Waals surface area contributed by atoms with Crippen molar-refractivity contribution in [2.75, 3.05) is 7.11 Å². The van der Waals surface area contributed by atoms with Crippen molar-refractivity contribution in [3.05, 3.63) is 64.9 Å². The van der Waals surface area contributed by atoms with Crippen LogP contribution in [-0.4, -0.2) is 36.3 Å². The van der Waals surface area contributed by atoms with E-state index in [-0.39, 0.29) is 0 Å². The molecule has 138 valence electrons. The number of hydrogen-bond acceptors (Lipinski definition) is 6. The van der Waals surface area contributed by atoms with Crippen LogP contribution in [0.1, 0.15) is 16.3 Å². The fourth-order valence-corrected chi connectivity index (χ4v) is 3.85. The molecule has 28 heavy (non-hydrogen) atoms. The maximum absolute atomic E-state index is 5.19. The van der Waals surface area contributed by atoms with Crippen LogP contribution in [0.25, 0.3) is 34.3 Å². The minimum Gasteiger partial charge on any atom is -0.497 e. The minimum atomic E-state index is 0.687. The zero-order valence-electron chi connectivity index (χ0n) is 15.3. The van der Waals surface area contributed by atoms with E-state index in [0.717, 1.165) is 38.3 Å². The van der Waals surface area contributed by atoms with Gasteiger partial charge in [0.1, 0.15) is 22.1 Å². The molecule has 0 aliphatic heterocycles. The lowest BCUT2D eigenvalue weighted by Crippen LogP contribution is -1.96. The Labute approximate surface area is 164 Å². The standard InChI is InChI=1S/C20H16N6OS/c1-13-18(25-12-4-3-5-16(25)21-13)19-22-23-20-26(19)24-17(28-20)11-8-14-6-9-15(27-2)10-7-14/h3-12H,1-2H3. The minimum absolute atomic E-state index is 0.687. The van der Waals surface area contributed by atoms with Gasteiger partial charge in [0.05, 0.1) is 12.8 Å². The molecule has 1 aromatic carbocycles. The highest BCUT2D eigenvalue weighted by Crippen LogP contribution is 2.26. The zero-order valence-corrected chi connectivity index (χ0v) is 16.1. The molecule has 0 saturated carbocycles. The van der Waals surface area contributed by atoms with E-state index in [2.05, 4.69) is 20.3 Å². The Hall–Kier alpha value is -3.52. The van der Waals surface area contributed by atoms with E-state index < -0.39 is 0 Å². The number of rotatable bonds is 4. The van der Waals surface area contributed by atoms with Crippen molar-refractivity contribution in [3.8, 4) is 17.3 Å². The van der Waals surface area contributed by atoms with Crippen LogP contribution in [0, 0.1) is 6.92 Å². The molecule has 0 unspecified atom stereocenters. The third kappa shape index (κ3) is 2.74. The fraction of sp³-hybridized carbons (Fsp3) is 0.100. The Morgan fingerprint density at radius 1 is 1.04 bits per heavy atom. The molecule has 5 rings (SSSR count). The lowest BCUT2D eigenvalue weighted by molar-refractivity contribution is 0.415. The van der Waals surface area contributed by atoms with Crippen molar-refractivity contribution in [1.82, 2.24) is 29.2 Å². The smallest absolute Gasteiger partial charge is 0.235 e. The molecule has 7 nitrogen and oxygen atoms in total. The summed E-state index contributed by atoms with van der Waals surface area (Å²) < 4.78 is 8.98. The van der Waals surface area contributed by atoms with Crippen LogP contribution in [0.4, 0.5) is 0 Å². The predicted octanol–water partition coefficient (Wildman–Crippen LogP) is 3.99. The van der Waals surface area contributed by atoms with Crippen molar-refractivity contribution >= 4 is 34.1 Å². The summed E-state index contributed by atoms with van der Waals surface area (Å²) in [5, 5.41) is 14.2. The number of fused-ring (bicyclic) bond motifs is 2. The molecule has 0 spiro atoms. The van der Waals surface area contributed by atoms with Crippen LogP contribution in [0.15, 0.2) is 48.7 Å². The number of ether oxygens (including phenoxy) is 1. The van der Waals surface area contributed by atoms with Gasteiger partial charge >= 0.3 is 0 Å². The van der Waals surface area contributed by atoms with Crippen molar-refractivity contribution in [2.24, 2.45) is 0 Å². The van der Waals surface area contributed by atoms with E-state index in [9.17, 15) is 0 Å². The van der Waals surface area contributed by atoms with Crippen molar-refractivity contribution in [2.45, 2.75) is 6.92 Å². The molecule has 4 heterocycles. The summed E-state index contributed by atoms with van der Waals surface area (Å²) in [5.74, 6) is 1.52. The molecular weight excluding hydrogens is 372 g/mol. The Bertz CT molecular complexity index is 1310. The average Bonchev–Trinajstić information content (AvgIpc) is 3.38. The number of hydrogen-bond donors (Lipinski definition) is 0. The Balaban J connectivity index is 1.53. The first-order valence-corrected chi connectivity index (χ1v) is 9.53. The lowest BCUT2D eigenvalue weighted by Gasteiger charge is -1.99. The molecule has 8 heteroatoms. The lowest BCUT2D eigenvalue weighted by atomic mass is 10.2. The van der Waals surface area contributed by atoms with Gasteiger partial charge in [0, 0.05) is 6.20 Å². The highest BCUT2D eigenvalue weighted by atomic mass is 32.1. The van der Waals surface area contributed by atoms with E-state index in [1.165, 1.54) is 11.3 Å². The van der Waals surface area contributed by atoms with Crippen LogP contribution in [-0.2, 0) is 0 Å². The van der Waals surface area contributed by atoms with E-state index in [4.69, 9.17) is 4.74 Å². The summed E-state index contributed by atoms with van der Waals surface area (Å²) in [6.07, 6.45) is 5.97. The molecule has 0 aliphatic carbocycles. The van der Waals surface area contributed by atoms with E-state index >= 15 is 0 Å². The van der Waals surface area contributed by atoms with Gasteiger partial charge in [0.25, 0.3) is 0 Å². The maximum atomic E-state index is 5.19. The second-order valence-electron chi connectivity index (χ2n) is 6.24. The third-order valence-corrected chi connectivity index (χ3v) is 5.32. The summed E-state index contributed by atoms with van der Waals surface area (Å²) >= 11 is 1.49. The Kier molecular flexibility index (Phi) is 3.91. The largest absolute Gasteiger partial charge is 0.497 e. The number of imidazole rings is 1. The highest BCUT2D eigenvalue weighted by Gasteiger charge is 2.19. The van der Waals surface area contributed by atoms with Gasteiger partial charge in [-0.25, -0.2) is 4.98 Å². The average molecular weight is 388 g/mol. The van der Waals surface area contributed by atoms with Gasteiger partial charge < -0.3 is 4.74 Å². The first-order chi connectivity index (χ1) is 13.7. The molecule has 4 aromatic heterocycles. The van der Waals surface area contributed by atoms with Gasteiger partial charge in [-0.3, -0.25) is 4.40 Å². The number of nitrogens with zero attached hydrogens (tertiary/aromatic N) is 6. The molecule has 0 N–H and O–H groups in total. The third-order valence-electron chi connectivity index (χ3n) is 4.46. The number of aromatic nitrogens is 6. The SMILES string of the molecule is COc1ccc(C=Cc2nn3c(-c4c(C)nc5ccccn45)nnc3s2)cc1. The number of aryl methyl sites for hydroxylation is 1. The molecule has 0 atom stereocenters. The quantitative estimate of drug-likeness (QED) is 0.466. The summed E-state index contributed by atoms with van der Waals surface area (Å²) in [5.41, 5.74) is 3.74. The van der Waals surface area contributed by atoms with Crippen LogP contribution in [0.2, 0.25) is 0 Å². The van der Waals surface area contributed by atoms with Gasteiger partial charge in [-0.15, -0.1) is 10.2 Å². The molecule has 0 bridgehead atoms. The second kappa shape index (κ2) is 6.58. The van der Waals surface area contributed by atoms with Crippen molar-refractivity contribution in [1.29, 1.82) is 0 Å². The molecule has 5 aromatic rings. The molecule has 0 aliphatic rings.